The number of hydrogen-bond acceptors (Lipinski definition) is 3. The zero-order valence-electron chi connectivity index (χ0n) is 12.6. The number of amides is 2. The Hall–Kier alpha value is -2.82. The van der Waals surface area contributed by atoms with Crippen molar-refractivity contribution < 1.29 is 14.3 Å². The van der Waals surface area contributed by atoms with Crippen LogP contribution in [0.25, 0.3) is 0 Å². The summed E-state index contributed by atoms with van der Waals surface area (Å²) in [7, 11) is 1.59. The molecule has 0 atom stereocenters. The largest absolute Gasteiger partial charge is 0.497 e. The molecule has 0 aromatic heterocycles. The first-order valence-electron chi connectivity index (χ1n) is 6.87. The predicted octanol–water partition coefficient (Wildman–Crippen LogP) is 2.26. The molecule has 0 saturated heterocycles. The lowest BCUT2D eigenvalue weighted by atomic mass is 10.2. The molecule has 2 aromatic carbocycles. The molecule has 0 radical (unpaired) electrons. The molecule has 0 spiro atoms. The van der Waals surface area contributed by atoms with Gasteiger partial charge in [-0.2, -0.15) is 0 Å². The van der Waals surface area contributed by atoms with Crippen LogP contribution in [0.1, 0.15) is 11.1 Å². The number of carbonyl (C=O) groups is 2. The topological polar surface area (TPSA) is 67.4 Å². The quantitative estimate of drug-likeness (QED) is 0.851. The van der Waals surface area contributed by atoms with Crippen LogP contribution in [0.4, 0.5) is 5.69 Å². The first kappa shape index (κ1) is 15.6. The Morgan fingerprint density at radius 3 is 2.18 bits per heavy atom. The van der Waals surface area contributed by atoms with Gasteiger partial charge in [0.05, 0.1) is 7.11 Å². The van der Waals surface area contributed by atoms with Gasteiger partial charge in [-0.15, -0.1) is 0 Å². The Morgan fingerprint density at radius 1 is 0.955 bits per heavy atom. The zero-order chi connectivity index (χ0) is 15.9. The summed E-state index contributed by atoms with van der Waals surface area (Å²) in [5.74, 6) is -0.610. The maximum atomic E-state index is 11.8. The molecule has 0 aliphatic rings. The van der Waals surface area contributed by atoms with E-state index in [-0.39, 0.29) is 6.54 Å². The van der Waals surface area contributed by atoms with Crippen molar-refractivity contribution in [3.8, 4) is 5.75 Å². The van der Waals surface area contributed by atoms with Gasteiger partial charge in [-0.05, 0) is 36.8 Å². The fraction of sp³-hybridized carbons (Fsp3) is 0.176. The van der Waals surface area contributed by atoms with Gasteiger partial charge < -0.3 is 15.4 Å². The minimum absolute atomic E-state index is 0.282. The van der Waals surface area contributed by atoms with E-state index in [0.29, 0.717) is 5.69 Å². The number of benzene rings is 2. The average molecular weight is 298 g/mol. The van der Waals surface area contributed by atoms with Crippen LogP contribution >= 0.6 is 0 Å². The third-order valence-electron chi connectivity index (χ3n) is 3.13. The SMILES string of the molecule is COc1ccc(CNC(=O)C(=O)Nc2ccc(C)cc2)cc1. The Bertz CT molecular complexity index is 649. The van der Waals surface area contributed by atoms with Crippen LogP contribution in [-0.2, 0) is 16.1 Å². The Balaban J connectivity index is 1.85. The number of ether oxygens (including phenoxy) is 1. The lowest BCUT2D eigenvalue weighted by Gasteiger charge is -2.07. The molecule has 5 heteroatoms. The Morgan fingerprint density at radius 2 is 1.59 bits per heavy atom. The molecular formula is C17H18N2O3. The van der Waals surface area contributed by atoms with E-state index < -0.39 is 11.8 Å². The van der Waals surface area contributed by atoms with Crippen molar-refractivity contribution in [1.29, 1.82) is 0 Å². The molecule has 0 aliphatic heterocycles. The number of nitrogens with one attached hydrogen (secondary N) is 2. The van der Waals surface area contributed by atoms with E-state index in [9.17, 15) is 9.59 Å². The second-order valence-corrected chi connectivity index (χ2v) is 4.85. The summed E-state index contributed by atoms with van der Waals surface area (Å²) in [5, 5.41) is 5.13. The van der Waals surface area contributed by atoms with E-state index in [1.807, 2.05) is 31.2 Å². The summed E-state index contributed by atoms with van der Waals surface area (Å²) >= 11 is 0. The molecule has 22 heavy (non-hydrogen) atoms. The summed E-state index contributed by atoms with van der Waals surface area (Å²) in [5.41, 5.74) is 2.56. The minimum Gasteiger partial charge on any atom is -0.497 e. The second-order valence-electron chi connectivity index (χ2n) is 4.85. The standard InChI is InChI=1S/C17H18N2O3/c1-12-3-7-14(8-4-12)19-17(21)16(20)18-11-13-5-9-15(22-2)10-6-13/h3-10H,11H2,1-2H3,(H,18,20)(H,19,21). The molecular weight excluding hydrogens is 280 g/mol. The third kappa shape index (κ3) is 4.34. The Kier molecular flexibility index (Phi) is 5.14. The van der Waals surface area contributed by atoms with Crippen molar-refractivity contribution in [3.05, 3.63) is 59.7 Å². The van der Waals surface area contributed by atoms with Gasteiger partial charge in [-0.3, -0.25) is 9.59 Å². The number of anilines is 1. The van der Waals surface area contributed by atoms with Crippen LogP contribution in [-0.4, -0.2) is 18.9 Å². The smallest absolute Gasteiger partial charge is 0.313 e. The van der Waals surface area contributed by atoms with E-state index in [4.69, 9.17) is 4.74 Å². The molecule has 0 fully saturated rings. The van der Waals surface area contributed by atoms with Crippen molar-refractivity contribution in [2.45, 2.75) is 13.5 Å². The third-order valence-corrected chi connectivity index (χ3v) is 3.13. The fourth-order valence-electron chi connectivity index (χ4n) is 1.83. The van der Waals surface area contributed by atoms with E-state index in [1.165, 1.54) is 0 Å². The summed E-state index contributed by atoms with van der Waals surface area (Å²) < 4.78 is 5.06. The van der Waals surface area contributed by atoms with E-state index >= 15 is 0 Å². The first-order valence-corrected chi connectivity index (χ1v) is 6.87. The van der Waals surface area contributed by atoms with Gasteiger partial charge >= 0.3 is 11.8 Å². The molecule has 5 nitrogen and oxygen atoms in total. The van der Waals surface area contributed by atoms with Gasteiger partial charge in [-0.25, -0.2) is 0 Å². The molecule has 2 aromatic rings. The van der Waals surface area contributed by atoms with Gasteiger partial charge in [0, 0.05) is 12.2 Å². The number of aryl methyl sites for hydroxylation is 1. The second kappa shape index (κ2) is 7.26. The van der Waals surface area contributed by atoms with E-state index in [1.54, 1.807) is 31.4 Å². The number of rotatable bonds is 4. The van der Waals surface area contributed by atoms with Gasteiger partial charge in [0.1, 0.15) is 5.75 Å². The van der Waals surface area contributed by atoms with Gasteiger partial charge in [0.2, 0.25) is 0 Å². The highest BCUT2D eigenvalue weighted by Gasteiger charge is 2.13. The average Bonchev–Trinajstić information content (AvgIpc) is 2.55. The Labute approximate surface area is 129 Å². The number of methoxy groups -OCH3 is 1. The number of hydrogen-bond donors (Lipinski definition) is 2. The molecule has 0 aliphatic carbocycles. The molecule has 0 bridgehead atoms. The summed E-state index contributed by atoms with van der Waals surface area (Å²) in [4.78, 5) is 23.5. The monoisotopic (exact) mass is 298 g/mol. The van der Waals surface area contributed by atoms with Crippen molar-refractivity contribution in [2.75, 3.05) is 12.4 Å². The minimum atomic E-state index is -0.683. The first-order chi connectivity index (χ1) is 10.6. The zero-order valence-corrected chi connectivity index (χ0v) is 12.6. The van der Waals surface area contributed by atoms with Gasteiger partial charge in [-0.1, -0.05) is 29.8 Å². The maximum absolute atomic E-state index is 11.8. The van der Waals surface area contributed by atoms with E-state index in [0.717, 1.165) is 16.9 Å². The highest BCUT2D eigenvalue weighted by Crippen LogP contribution is 2.11. The summed E-state index contributed by atoms with van der Waals surface area (Å²) in [6.45, 7) is 2.23. The van der Waals surface area contributed by atoms with Crippen LogP contribution in [0.5, 0.6) is 5.75 Å². The summed E-state index contributed by atoms with van der Waals surface area (Å²) in [6, 6.07) is 14.5. The van der Waals surface area contributed by atoms with Crippen LogP contribution in [0, 0.1) is 6.92 Å². The lowest BCUT2D eigenvalue weighted by Crippen LogP contribution is -2.34. The highest BCUT2D eigenvalue weighted by molar-refractivity contribution is 6.39. The van der Waals surface area contributed by atoms with Crippen LogP contribution in [0.2, 0.25) is 0 Å². The van der Waals surface area contributed by atoms with Crippen LogP contribution in [0.15, 0.2) is 48.5 Å². The number of carbonyl (C=O) groups excluding carboxylic acids is 2. The van der Waals surface area contributed by atoms with E-state index in [2.05, 4.69) is 10.6 Å². The van der Waals surface area contributed by atoms with Crippen LogP contribution < -0.4 is 15.4 Å². The lowest BCUT2D eigenvalue weighted by molar-refractivity contribution is -0.136. The molecule has 2 rings (SSSR count). The van der Waals surface area contributed by atoms with Crippen molar-refractivity contribution >= 4 is 17.5 Å². The normalized spacial score (nSPS) is 9.91. The molecule has 114 valence electrons. The fourth-order valence-corrected chi connectivity index (χ4v) is 1.83. The molecule has 2 N–H and O–H groups in total. The maximum Gasteiger partial charge on any atom is 0.313 e. The predicted molar refractivity (Wildman–Crippen MR) is 84.6 cm³/mol. The molecule has 2 amide bonds. The molecule has 0 heterocycles. The van der Waals surface area contributed by atoms with Crippen molar-refractivity contribution in [1.82, 2.24) is 5.32 Å². The van der Waals surface area contributed by atoms with Crippen molar-refractivity contribution in [3.63, 3.8) is 0 Å². The van der Waals surface area contributed by atoms with Gasteiger partial charge in [0.25, 0.3) is 0 Å². The highest BCUT2D eigenvalue weighted by atomic mass is 16.5. The molecule has 0 saturated carbocycles. The summed E-state index contributed by atoms with van der Waals surface area (Å²) in [6.07, 6.45) is 0. The van der Waals surface area contributed by atoms with Crippen LogP contribution in [0.3, 0.4) is 0 Å². The van der Waals surface area contributed by atoms with Crippen molar-refractivity contribution in [2.24, 2.45) is 0 Å². The van der Waals surface area contributed by atoms with Gasteiger partial charge in [0.15, 0.2) is 0 Å². The molecule has 0 unspecified atom stereocenters.